The zero-order valence-corrected chi connectivity index (χ0v) is 17.7. The summed E-state index contributed by atoms with van der Waals surface area (Å²) >= 11 is 0. The Hall–Kier alpha value is -3.38. The molecule has 1 aromatic heterocycles. The van der Waals surface area contributed by atoms with Crippen molar-refractivity contribution in [2.45, 2.75) is 25.2 Å². The first-order valence-corrected chi connectivity index (χ1v) is 11.2. The molecule has 0 fully saturated rings. The third-order valence-corrected chi connectivity index (χ3v) is 6.68. The molecule has 0 aliphatic heterocycles. The van der Waals surface area contributed by atoms with Crippen molar-refractivity contribution >= 4 is 32.3 Å². The van der Waals surface area contributed by atoms with Crippen LogP contribution in [0.2, 0.25) is 0 Å². The molecule has 0 bridgehead atoms. The minimum absolute atomic E-state index is 0.262. The number of hydrazone groups is 1. The van der Waals surface area contributed by atoms with E-state index in [0.717, 1.165) is 27.9 Å². The molecule has 1 heterocycles. The summed E-state index contributed by atoms with van der Waals surface area (Å²) in [5.74, 6) is 0. The zero-order chi connectivity index (χ0) is 21.1. The smallest absolute Gasteiger partial charge is 0.268 e. The quantitative estimate of drug-likeness (QED) is 0.337. The standard InChI is InChI=1S/C24H23N3O2S/c1-3-23(26-25-19-9-5-4-6-10-19)22-17-27(24-12-8-7-11-21(22)24)30(28,29)20-15-13-18(2)14-16-20/h4-17,25H,3H2,1-2H3/b26-23-. The van der Waals surface area contributed by atoms with Gasteiger partial charge in [-0.25, -0.2) is 12.4 Å². The number of nitrogens with zero attached hydrogens (tertiary/aromatic N) is 2. The van der Waals surface area contributed by atoms with Crippen LogP contribution in [0, 0.1) is 6.92 Å². The Morgan fingerprint density at radius 2 is 1.60 bits per heavy atom. The number of nitrogens with one attached hydrogen (secondary N) is 1. The summed E-state index contributed by atoms with van der Waals surface area (Å²) in [6, 6.07) is 24.1. The van der Waals surface area contributed by atoms with Crippen LogP contribution in [0.25, 0.3) is 10.9 Å². The first-order valence-electron chi connectivity index (χ1n) is 9.81. The maximum atomic E-state index is 13.4. The molecular formula is C24H23N3O2S. The van der Waals surface area contributed by atoms with E-state index in [1.54, 1.807) is 18.3 Å². The lowest BCUT2D eigenvalue weighted by Crippen LogP contribution is -2.12. The van der Waals surface area contributed by atoms with Gasteiger partial charge < -0.3 is 0 Å². The second-order valence-electron chi connectivity index (χ2n) is 7.06. The minimum Gasteiger partial charge on any atom is -0.278 e. The van der Waals surface area contributed by atoms with E-state index >= 15 is 0 Å². The van der Waals surface area contributed by atoms with Crippen molar-refractivity contribution in [1.29, 1.82) is 0 Å². The molecule has 0 radical (unpaired) electrons. The summed E-state index contributed by atoms with van der Waals surface area (Å²) in [5.41, 5.74) is 7.18. The van der Waals surface area contributed by atoms with E-state index in [2.05, 4.69) is 10.5 Å². The summed E-state index contributed by atoms with van der Waals surface area (Å²) in [5, 5.41) is 5.42. The van der Waals surface area contributed by atoms with Crippen molar-refractivity contribution in [2.24, 2.45) is 5.10 Å². The third-order valence-electron chi connectivity index (χ3n) is 5.00. The number of hydrogen-bond acceptors (Lipinski definition) is 4. The number of anilines is 1. The van der Waals surface area contributed by atoms with Crippen molar-refractivity contribution in [2.75, 3.05) is 5.43 Å². The monoisotopic (exact) mass is 417 g/mol. The van der Waals surface area contributed by atoms with E-state index in [1.807, 2.05) is 80.6 Å². The average molecular weight is 418 g/mol. The molecular weight excluding hydrogens is 394 g/mol. The lowest BCUT2D eigenvalue weighted by atomic mass is 10.1. The normalized spacial score (nSPS) is 12.3. The molecule has 1 N–H and O–H groups in total. The molecule has 0 spiro atoms. The maximum Gasteiger partial charge on any atom is 0.268 e. The number of hydrogen-bond donors (Lipinski definition) is 1. The molecule has 5 nitrogen and oxygen atoms in total. The predicted octanol–water partition coefficient (Wildman–Crippen LogP) is 5.41. The van der Waals surface area contributed by atoms with Crippen LogP contribution in [0.5, 0.6) is 0 Å². The Morgan fingerprint density at radius 1 is 0.933 bits per heavy atom. The van der Waals surface area contributed by atoms with Gasteiger partial charge in [0.05, 0.1) is 21.8 Å². The Balaban J connectivity index is 1.83. The van der Waals surface area contributed by atoms with Crippen LogP contribution >= 0.6 is 0 Å². The van der Waals surface area contributed by atoms with Gasteiger partial charge in [0.25, 0.3) is 10.0 Å². The van der Waals surface area contributed by atoms with Crippen molar-refractivity contribution in [3.63, 3.8) is 0 Å². The fourth-order valence-corrected chi connectivity index (χ4v) is 4.75. The van der Waals surface area contributed by atoms with E-state index in [9.17, 15) is 8.42 Å². The van der Waals surface area contributed by atoms with Crippen molar-refractivity contribution in [3.05, 3.63) is 96.2 Å². The van der Waals surface area contributed by atoms with Gasteiger partial charge in [-0.2, -0.15) is 5.10 Å². The molecule has 0 atom stereocenters. The first kappa shape index (κ1) is 19.9. The Bertz CT molecular complexity index is 1310. The Morgan fingerprint density at radius 3 is 2.30 bits per heavy atom. The highest BCUT2D eigenvalue weighted by Crippen LogP contribution is 2.27. The molecule has 3 aromatic carbocycles. The largest absolute Gasteiger partial charge is 0.278 e. The lowest BCUT2D eigenvalue weighted by Gasteiger charge is -2.07. The lowest BCUT2D eigenvalue weighted by molar-refractivity contribution is 0.589. The number of rotatable bonds is 6. The molecule has 0 unspecified atom stereocenters. The molecule has 0 amide bonds. The van der Waals surface area contributed by atoms with E-state index in [0.29, 0.717) is 11.9 Å². The van der Waals surface area contributed by atoms with E-state index in [4.69, 9.17) is 0 Å². The molecule has 4 rings (SSSR count). The van der Waals surface area contributed by atoms with Gasteiger partial charge in [0.2, 0.25) is 0 Å². The predicted molar refractivity (Wildman–Crippen MR) is 123 cm³/mol. The van der Waals surface area contributed by atoms with Gasteiger partial charge in [-0.05, 0) is 43.7 Å². The maximum absolute atomic E-state index is 13.4. The molecule has 0 saturated carbocycles. The summed E-state index contributed by atoms with van der Waals surface area (Å²) in [6.45, 7) is 3.94. The highest BCUT2D eigenvalue weighted by atomic mass is 32.2. The van der Waals surface area contributed by atoms with Gasteiger partial charge in [0, 0.05) is 17.1 Å². The topological polar surface area (TPSA) is 63.5 Å². The van der Waals surface area contributed by atoms with Crippen LogP contribution in [-0.4, -0.2) is 18.1 Å². The Kier molecular flexibility index (Phi) is 5.42. The number of fused-ring (bicyclic) bond motifs is 1. The minimum atomic E-state index is -3.73. The number of para-hydroxylation sites is 2. The van der Waals surface area contributed by atoms with E-state index < -0.39 is 10.0 Å². The zero-order valence-electron chi connectivity index (χ0n) is 16.9. The number of aromatic nitrogens is 1. The van der Waals surface area contributed by atoms with Crippen molar-refractivity contribution in [3.8, 4) is 0 Å². The van der Waals surface area contributed by atoms with Crippen LogP contribution < -0.4 is 5.43 Å². The first-order chi connectivity index (χ1) is 14.5. The fraction of sp³-hybridized carbons (Fsp3) is 0.125. The molecule has 30 heavy (non-hydrogen) atoms. The summed E-state index contributed by atoms with van der Waals surface area (Å²) in [4.78, 5) is 0.262. The second-order valence-corrected chi connectivity index (χ2v) is 8.88. The van der Waals surface area contributed by atoms with Crippen LogP contribution in [-0.2, 0) is 10.0 Å². The summed E-state index contributed by atoms with van der Waals surface area (Å²) < 4.78 is 28.1. The molecule has 6 heteroatoms. The van der Waals surface area contributed by atoms with Crippen LogP contribution in [0.1, 0.15) is 24.5 Å². The van der Waals surface area contributed by atoms with E-state index in [-0.39, 0.29) is 4.90 Å². The van der Waals surface area contributed by atoms with Crippen LogP contribution in [0.15, 0.2) is 95.1 Å². The van der Waals surface area contributed by atoms with Crippen LogP contribution in [0.4, 0.5) is 5.69 Å². The molecule has 4 aromatic rings. The highest BCUT2D eigenvalue weighted by Gasteiger charge is 2.22. The van der Waals surface area contributed by atoms with Gasteiger partial charge in [0.15, 0.2) is 0 Å². The summed E-state index contributed by atoms with van der Waals surface area (Å²) in [6.07, 6.45) is 2.33. The molecule has 0 aliphatic rings. The SMILES string of the molecule is CC/C(=N/Nc1ccccc1)c1cn(S(=O)(=O)c2ccc(C)cc2)c2ccccc12. The second kappa shape index (κ2) is 8.16. The molecule has 0 aliphatic carbocycles. The molecule has 152 valence electrons. The summed E-state index contributed by atoms with van der Waals surface area (Å²) in [7, 11) is -3.73. The van der Waals surface area contributed by atoms with E-state index in [1.165, 1.54) is 3.97 Å². The van der Waals surface area contributed by atoms with Gasteiger partial charge in [-0.15, -0.1) is 0 Å². The third kappa shape index (κ3) is 3.74. The fourth-order valence-electron chi connectivity index (χ4n) is 3.38. The Labute approximate surface area is 176 Å². The van der Waals surface area contributed by atoms with Crippen molar-refractivity contribution < 1.29 is 8.42 Å². The van der Waals surface area contributed by atoms with Crippen LogP contribution in [0.3, 0.4) is 0 Å². The van der Waals surface area contributed by atoms with Gasteiger partial charge in [0.1, 0.15) is 0 Å². The van der Waals surface area contributed by atoms with Crippen molar-refractivity contribution in [1.82, 2.24) is 3.97 Å². The van der Waals surface area contributed by atoms with Gasteiger partial charge >= 0.3 is 0 Å². The highest BCUT2D eigenvalue weighted by molar-refractivity contribution is 7.90. The van der Waals surface area contributed by atoms with Gasteiger partial charge in [-0.1, -0.05) is 61.0 Å². The molecule has 0 saturated heterocycles. The number of aryl methyl sites for hydroxylation is 1. The average Bonchev–Trinajstić information content (AvgIpc) is 3.16. The van der Waals surface area contributed by atoms with Gasteiger partial charge in [-0.3, -0.25) is 5.43 Å². The number of benzene rings is 3.